The molecule has 0 aromatic heterocycles. The molecule has 1 aliphatic heterocycles. The first kappa shape index (κ1) is 21.8. The minimum atomic E-state index is -0.294. The fraction of sp³-hybridized carbons (Fsp3) is 0.455. The molecule has 158 valence electrons. The van der Waals surface area contributed by atoms with E-state index in [1.807, 2.05) is 13.0 Å². The lowest BCUT2D eigenvalue weighted by atomic mass is 10.2. The molecule has 1 fully saturated rings. The Morgan fingerprint density at radius 3 is 2.62 bits per heavy atom. The predicted octanol–water partition coefficient (Wildman–Crippen LogP) is 3.88. The molecule has 1 saturated heterocycles. The van der Waals surface area contributed by atoms with Gasteiger partial charge in [0.25, 0.3) is 0 Å². The van der Waals surface area contributed by atoms with Crippen molar-refractivity contribution >= 4 is 11.6 Å². The molecular formula is C22H28ClFN2O3. The summed E-state index contributed by atoms with van der Waals surface area (Å²) >= 11 is 6.47. The van der Waals surface area contributed by atoms with Crippen molar-refractivity contribution < 1.29 is 18.6 Å². The van der Waals surface area contributed by atoms with Crippen LogP contribution in [0.3, 0.4) is 0 Å². The van der Waals surface area contributed by atoms with Gasteiger partial charge in [-0.05, 0) is 24.6 Å². The molecule has 0 aliphatic carbocycles. The molecule has 0 radical (unpaired) electrons. The Morgan fingerprint density at radius 2 is 1.86 bits per heavy atom. The maximum absolute atomic E-state index is 13.8. The lowest BCUT2D eigenvalue weighted by Gasteiger charge is -2.26. The third-order valence-corrected chi connectivity index (χ3v) is 5.13. The maximum Gasteiger partial charge on any atom is 0.163 e. The van der Waals surface area contributed by atoms with Crippen molar-refractivity contribution in [1.82, 2.24) is 10.2 Å². The SMILES string of the molecule is CCOc1cc(CNCCN2CCOCC2)c(Cl)cc1OCc1ccccc1F. The van der Waals surface area contributed by atoms with Crippen LogP contribution in [0.15, 0.2) is 36.4 Å². The summed E-state index contributed by atoms with van der Waals surface area (Å²) in [6.07, 6.45) is 0. The second kappa shape index (κ2) is 11.4. The zero-order valence-electron chi connectivity index (χ0n) is 16.8. The number of morpholine rings is 1. The van der Waals surface area contributed by atoms with Gasteiger partial charge in [0, 0.05) is 49.4 Å². The van der Waals surface area contributed by atoms with Crippen LogP contribution in [0.5, 0.6) is 11.5 Å². The molecule has 5 nitrogen and oxygen atoms in total. The first-order chi connectivity index (χ1) is 14.2. The second-order valence-corrected chi connectivity index (χ2v) is 7.24. The third kappa shape index (κ3) is 6.57. The molecule has 3 rings (SSSR count). The molecular weight excluding hydrogens is 395 g/mol. The van der Waals surface area contributed by atoms with Gasteiger partial charge >= 0.3 is 0 Å². The highest BCUT2D eigenvalue weighted by molar-refractivity contribution is 6.31. The van der Waals surface area contributed by atoms with Crippen LogP contribution in [-0.4, -0.2) is 50.9 Å². The molecule has 1 N–H and O–H groups in total. The lowest BCUT2D eigenvalue weighted by molar-refractivity contribution is 0.0384. The van der Waals surface area contributed by atoms with Crippen LogP contribution in [0.2, 0.25) is 5.02 Å². The van der Waals surface area contributed by atoms with E-state index in [1.165, 1.54) is 6.07 Å². The average Bonchev–Trinajstić information content (AvgIpc) is 2.74. The molecule has 7 heteroatoms. The number of rotatable bonds is 10. The van der Waals surface area contributed by atoms with Crippen LogP contribution in [-0.2, 0) is 17.9 Å². The minimum absolute atomic E-state index is 0.111. The second-order valence-electron chi connectivity index (χ2n) is 6.83. The molecule has 29 heavy (non-hydrogen) atoms. The summed E-state index contributed by atoms with van der Waals surface area (Å²) in [6, 6.07) is 10.2. The van der Waals surface area contributed by atoms with Crippen LogP contribution in [0.1, 0.15) is 18.1 Å². The topological polar surface area (TPSA) is 43.0 Å². The largest absolute Gasteiger partial charge is 0.490 e. The summed E-state index contributed by atoms with van der Waals surface area (Å²) in [6.45, 7) is 8.56. The Kier molecular flexibility index (Phi) is 8.55. The summed E-state index contributed by atoms with van der Waals surface area (Å²) in [5.74, 6) is 0.827. The van der Waals surface area contributed by atoms with Crippen molar-refractivity contribution in [2.45, 2.75) is 20.1 Å². The van der Waals surface area contributed by atoms with Crippen molar-refractivity contribution in [2.24, 2.45) is 0 Å². The Labute approximate surface area is 176 Å². The molecule has 2 aromatic rings. The van der Waals surface area contributed by atoms with E-state index in [-0.39, 0.29) is 12.4 Å². The van der Waals surface area contributed by atoms with Gasteiger partial charge in [-0.15, -0.1) is 0 Å². The number of halogens is 2. The van der Waals surface area contributed by atoms with Crippen LogP contribution >= 0.6 is 11.6 Å². The Morgan fingerprint density at radius 1 is 1.10 bits per heavy atom. The van der Waals surface area contributed by atoms with Crippen molar-refractivity contribution in [3.63, 3.8) is 0 Å². The van der Waals surface area contributed by atoms with E-state index >= 15 is 0 Å². The van der Waals surface area contributed by atoms with Crippen LogP contribution in [0.4, 0.5) is 4.39 Å². The highest BCUT2D eigenvalue weighted by atomic mass is 35.5. The van der Waals surface area contributed by atoms with E-state index in [2.05, 4.69) is 10.2 Å². The Hall–Kier alpha value is -1.86. The van der Waals surface area contributed by atoms with Crippen LogP contribution in [0.25, 0.3) is 0 Å². The Bertz CT molecular complexity index is 785. The molecule has 0 bridgehead atoms. The van der Waals surface area contributed by atoms with Gasteiger partial charge in [0.2, 0.25) is 0 Å². The zero-order valence-corrected chi connectivity index (χ0v) is 17.5. The van der Waals surface area contributed by atoms with Crippen molar-refractivity contribution in [3.8, 4) is 11.5 Å². The quantitative estimate of drug-likeness (QED) is 0.588. The van der Waals surface area contributed by atoms with Gasteiger partial charge in [-0.25, -0.2) is 4.39 Å². The third-order valence-electron chi connectivity index (χ3n) is 4.78. The molecule has 1 aliphatic rings. The first-order valence-corrected chi connectivity index (χ1v) is 10.4. The first-order valence-electron chi connectivity index (χ1n) is 9.99. The molecule has 0 atom stereocenters. The van der Waals surface area contributed by atoms with E-state index in [1.54, 1.807) is 24.3 Å². The van der Waals surface area contributed by atoms with Crippen molar-refractivity contribution in [3.05, 3.63) is 58.4 Å². The van der Waals surface area contributed by atoms with E-state index in [0.29, 0.717) is 35.2 Å². The molecule has 0 unspecified atom stereocenters. The summed E-state index contributed by atoms with van der Waals surface area (Å²) in [5, 5.41) is 4.02. The van der Waals surface area contributed by atoms with Gasteiger partial charge in [-0.2, -0.15) is 0 Å². The number of nitrogens with zero attached hydrogens (tertiary/aromatic N) is 1. The zero-order chi connectivity index (χ0) is 20.5. The molecule has 0 saturated carbocycles. The number of hydrogen-bond donors (Lipinski definition) is 1. The fourth-order valence-electron chi connectivity index (χ4n) is 3.15. The predicted molar refractivity (Wildman–Crippen MR) is 112 cm³/mol. The highest BCUT2D eigenvalue weighted by Crippen LogP contribution is 2.34. The van der Waals surface area contributed by atoms with Crippen molar-refractivity contribution in [2.75, 3.05) is 46.0 Å². The van der Waals surface area contributed by atoms with E-state index in [0.717, 1.165) is 45.0 Å². The van der Waals surface area contributed by atoms with E-state index < -0.39 is 0 Å². The van der Waals surface area contributed by atoms with Gasteiger partial charge in [0.05, 0.1) is 19.8 Å². The summed E-state index contributed by atoms with van der Waals surface area (Å²) in [4.78, 5) is 2.38. The molecule has 2 aromatic carbocycles. The normalized spacial score (nSPS) is 14.7. The minimum Gasteiger partial charge on any atom is -0.490 e. The number of benzene rings is 2. The molecule has 0 spiro atoms. The van der Waals surface area contributed by atoms with E-state index in [9.17, 15) is 4.39 Å². The molecule has 1 heterocycles. The number of ether oxygens (including phenoxy) is 3. The molecule has 0 amide bonds. The van der Waals surface area contributed by atoms with Crippen molar-refractivity contribution in [1.29, 1.82) is 0 Å². The Balaban J connectivity index is 1.58. The van der Waals surface area contributed by atoms with E-state index in [4.69, 9.17) is 25.8 Å². The summed E-state index contributed by atoms with van der Waals surface area (Å²) in [7, 11) is 0. The van der Waals surface area contributed by atoms with Gasteiger partial charge in [0.1, 0.15) is 12.4 Å². The lowest BCUT2D eigenvalue weighted by Crippen LogP contribution is -2.40. The standard InChI is InChI=1S/C22H28ClFN2O3/c1-2-28-21-13-18(15-25-7-8-26-9-11-27-12-10-26)19(23)14-22(21)29-16-17-5-3-4-6-20(17)24/h3-6,13-14,25H,2,7-12,15-16H2,1H3. The highest BCUT2D eigenvalue weighted by Gasteiger charge is 2.13. The monoisotopic (exact) mass is 422 g/mol. The summed E-state index contributed by atoms with van der Waals surface area (Å²) in [5.41, 5.74) is 1.43. The average molecular weight is 423 g/mol. The van der Waals surface area contributed by atoms with Gasteiger partial charge in [-0.1, -0.05) is 29.8 Å². The van der Waals surface area contributed by atoms with Gasteiger partial charge < -0.3 is 19.5 Å². The smallest absolute Gasteiger partial charge is 0.163 e. The summed E-state index contributed by atoms with van der Waals surface area (Å²) < 4.78 is 30.7. The van der Waals surface area contributed by atoms with Crippen LogP contribution < -0.4 is 14.8 Å². The fourth-order valence-corrected chi connectivity index (χ4v) is 3.37. The van der Waals surface area contributed by atoms with Gasteiger partial charge in [-0.3, -0.25) is 4.90 Å². The number of nitrogens with one attached hydrogen (secondary N) is 1. The van der Waals surface area contributed by atoms with Gasteiger partial charge in [0.15, 0.2) is 11.5 Å². The maximum atomic E-state index is 13.8. The van der Waals surface area contributed by atoms with Crippen LogP contribution in [0, 0.1) is 5.82 Å². The number of hydrogen-bond acceptors (Lipinski definition) is 5.